The average molecular weight is 345 g/mol. The van der Waals surface area contributed by atoms with Gasteiger partial charge in [0.15, 0.2) is 11.8 Å². The summed E-state index contributed by atoms with van der Waals surface area (Å²) in [6.45, 7) is 5.52. The van der Waals surface area contributed by atoms with Gasteiger partial charge in [-0.15, -0.1) is 0 Å². The Morgan fingerprint density at radius 3 is 2.60 bits per heavy atom. The van der Waals surface area contributed by atoms with Crippen molar-refractivity contribution in [2.45, 2.75) is 32.7 Å². The van der Waals surface area contributed by atoms with Crippen LogP contribution in [0, 0.1) is 0 Å². The molecule has 2 rings (SSSR count). The molecule has 0 saturated heterocycles. The summed E-state index contributed by atoms with van der Waals surface area (Å²) >= 11 is 0. The molecule has 0 fully saturated rings. The third-order valence-electron chi connectivity index (χ3n) is 3.77. The average Bonchev–Trinajstić information content (AvgIpc) is 3.08. The molecule has 1 heterocycles. The first-order chi connectivity index (χ1) is 12.0. The lowest BCUT2D eigenvalue weighted by molar-refractivity contribution is 0.370. The van der Waals surface area contributed by atoms with Crippen molar-refractivity contribution in [1.82, 2.24) is 20.4 Å². The van der Waals surface area contributed by atoms with Crippen LogP contribution in [0.2, 0.25) is 0 Å². The molecule has 1 aromatic carbocycles. The predicted molar refractivity (Wildman–Crippen MR) is 97.9 cm³/mol. The minimum Gasteiger partial charge on any atom is -0.497 e. The van der Waals surface area contributed by atoms with Gasteiger partial charge < -0.3 is 19.5 Å². The van der Waals surface area contributed by atoms with Gasteiger partial charge >= 0.3 is 0 Å². The Labute approximate surface area is 149 Å². The number of guanidine groups is 1. The van der Waals surface area contributed by atoms with Crippen LogP contribution in [0.25, 0.3) is 0 Å². The number of ether oxygens (including phenoxy) is 1. The number of hydrogen-bond acceptors (Lipinski definition) is 5. The zero-order valence-electron chi connectivity index (χ0n) is 15.6. The van der Waals surface area contributed by atoms with E-state index in [9.17, 15) is 0 Å². The molecule has 0 amide bonds. The van der Waals surface area contributed by atoms with Gasteiger partial charge in [-0.25, -0.2) is 0 Å². The second kappa shape index (κ2) is 9.05. The van der Waals surface area contributed by atoms with E-state index in [2.05, 4.69) is 37.5 Å². The molecule has 136 valence electrons. The molecule has 0 saturated carbocycles. The molecule has 0 aliphatic heterocycles. The second-order valence-corrected chi connectivity index (χ2v) is 6.13. The van der Waals surface area contributed by atoms with Crippen LogP contribution in [0.1, 0.15) is 37.0 Å². The van der Waals surface area contributed by atoms with E-state index in [1.807, 2.05) is 33.0 Å². The molecule has 0 radical (unpaired) electrons. The summed E-state index contributed by atoms with van der Waals surface area (Å²) in [7, 11) is 5.44. The van der Waals surface area contributed by atoms with E-state index in [1.165, 1.54) is 5.56 Å². The van der Waals surface area contributed by atoms with Crippen molar-refractivity contribution in [3.63, 3.8) is 0 Å². The van der Waals surface area contributed by atoms with Crippen LogP contribution < -0.4 is 10.1 Å². The van der Waals surface area contributed by atoms with Gasteiger partial charge in [-0.05, 0) is 17.7 Å². The standard InChI is InChI=1S/C18H27N5O2/c1-13(2)17-21-16(25-22-17)10-11-20-18(19-3)23(4)12-14-6-8-15(24-5)9-7-14/h6-9,13H,10-12H2,1-5H3,(H,19,20). The molecule has 0 bridgehead atoms. The summed E-state index contributed by atoms with van der Waals surface area (Å²) in [5.74, 6) is 3.34. The van der Waals surface area contributed by atoms with Gasteiger partial charge in [0.05, 0.1) is 7.11 Å². The minimum atomic E-state index is 0.272. The number of aromatic nitrogens is 2. The van der Waals surface area contributed by atoms with Crippen molar-refractivity contribution in [3.8, 4) is 5.75 Å². The summed E-state index contributed by atoms with van der Waals surface area (Å²) in [6.07, 6.45) is 0.662. The van der Waals surface area contributed by atoms with Crippen LogP contribution in [0.4, 0.5) is 0 Å². The summed E-state index contributed by atoms with van der Waals surface area (Å²) in [6, 6.07) is 8.02. The lowest BCUT2D eigenvalue weighted by Crippen LogP contribution is -2.39. The molecule has 0 aliphatic carbocycles. The number of rotatable bonds is 7. The van der Waals surface area contributed by atoms with E-state index in [1.54, 1.807) is 14.2 Å². The first-order valence-electron chi connectivity index (χ1n) is 8.40. The van der Waals surface area contributed by atoms with E-state index in [4.69, 9.17) is 9.26 Å². The number of nitrogens with zero attached hydrogens (tertiary/aromatic N) is 4. The topological polar surface area (TPSA) is 75.8 Å². The predicted octanol–water partition coefficient (Wildman–Crippen LogP) is 2.45. The summed E-state index contributed by atoms with van der Waals surface area (Å²) in [5, 5.41) is 7.30. The fourth-order valence-electron chi connectivity index (χ4n) is 2.35. The molecular formula is C18H27N5O2. The lowest BCUT2D eigenvalue weighted by atomic mass is 10.2. The normalized spacial score (nSPS) is 11.7. The van der Waals surface area contributed by atoms with Crippen LogP contribution in [0.15, 0.2) is 33.8 Å². The summed E-state index contributed by atoms with van der Waals surface area (Å²) in [4.78, 5) is 10.8. The first-order valence-corrected chi connectivity index (χ1v) is 8.40. The Morgan fingerprint density at radius 2 is 2.04 bits per heavy atom. The van der Waals surface area contributed by atoms with Gasteiger partial charge in [0.25, 0.3) is 0 Å². The molecule has 7 nitrogen and oxygen atoms in total. The third-order valence-corrected chi connectivity index (χ3v) is 3.77. The Morgan fingerprint density at radius 1 is 1.32 bits per heavy atom. The maximum Gasteiger partial charge on any atom is 0.228 e. The monoisotopic (exact) mass is 345 g/mol. The fourth-order valence-corrected chi connectivity index (χ4v) is 2.35. The molecule has 2 aromatic rings. The molecule has 0 unspecified atom stereocenters. The quantitative estimate of drug-likeness (QED) is 0.614. The van der Waals surface area contributed by atoms with Gasteiger partial charge in [0.1, 0.15) is 5.75 Å². The van der Waals surface area contributed by atoms with Crippen molar-refractivity contribution in [3.05, 3.63) is 41.5 Å². The highest BCUT2D eigenvalue weighted by Gasteiger charge is 2.11. The van der Waals surface area contributed by atoms with Crippen LogP contribution >= 0.6 is 0 Å². The van der Waals surface area contributed by atoms with Crippen LogP contribution in [-0.2, 0) is 13.0 Å². The van der Waals surface area contributed by atoms with Crippen LogP contribution in [0.3, 0.4) is 0 Å². The first kappa shape index (κ1) is 18.8. The Kier molecular flexibility index (Phi) is 6.80. The number of benzene rings is 1. The van der Waals surface area contributed by atoms with E-state index < -0.39 is 0 Å². The van der Waals surface area contributed by atoms with E-state index in [-0.39, 0.29) is 5.92 Å². The van der Waals surface area contributed by atoms with Gasteiger partial charge in [-0.1, -0.05) is 31.1 Å². The maximum atomic E-state index is 5.25. The van der Waals surface area contributed by atoms with Crippen molar-refractivity contribution in [2.75, 3.05) is 27.7 Å². The van der Waals surface area contributed by atoms with Crippen molar-refractivity contribution in [2.24, 2.45) is 4.99 Å². The number of methoxy groups -OCH3 is 1. The van der Waals surface area contributed by atoms with Gasteiger partial charge in [-0.3, -0.25) is 4.99 Å². The van der Waals surface area contributed by atoms with E-state index in [0.717, 1.165) is 24.1 Å². The molecule has 1 aromatic heterocycles. The Balaban J connectivity index is 1.83. The maximum absolute atomic E-state index is 5.25. The largest absolute Gasteiger partial charge is 0.497 e. The molecule has 0 spiro atoms. The third kappa shape index (κ3) is 5.48. The van der Waals surface area contributed by atoms with Crippen LogP contribution in [0.5, 0.6) is 5.75 Å². The highest BCUT2D eigenvalue weighted by molar-refractivity contribution is 5.79. The molecular weight excluding hydrogens is 318 g/mol. The Hall–Kier alpha value is -2.57. The second-order valence-electron chi connectivity index (χ2n) is 6.13. The number of hydrogen-bond donors (Lipinski definition) is 1. The highest BCUT2D eigenvalue weighted by Crippen LogP contribution is 2.13. The van der Waals surface area contributed by atoms with Gasteiger partial charge in [0.2, 0.25) is 5.89 Å². The van der Waals surface area contributed by atoms with Crippen molar-refractivity contribution in [1.29, 1.82) is 0 Å². The SMILES string of the molecule is CN=C(NCCc1nc(C(C)C)no1)N(C)Cc1ccc(OC)cc1. The zero-order valence-corrected chi connectivity index (χ0v) is 15.6. The molecule has 1 N–H and O–H groups in total. The molecule has 25 heavy (non-hydrogen) atoms. The fraction of sp³-hybridized carbons (Fsp3) is 0.500. The molecule has 7 heteroatoms. The van der Waals surface area contributed by atoms with Crippen molar-refractivity contribution >= 4 is 5.96 Å². The molecule has 0 atom stereocenters. The van der Waals surface area contributed by atoms with E-state index >= 15 is 0 Å². The highest BCUT2D eigenvalue weighted by atomic mass is 16.5. The number of nitrogens with one attached hydrogen (secondary N) is 1. The number of aliphatic imine (C=N–C) groups is 1. The van der Waals surface area contributed by atoms with E-state index in [0.29, 0.717) is 18.9 Å². The lowest BCUT2D eigenvalue weighted by Gasteiger charge is -2.22. The van der Waals surface area contributed by atoms with Gasteiger partial charge in [0, 0.05) is 39.5 Å². The molecule has 0 aliphatic rings. The van der Waals surface area contributed by atoms with Crippen molar-refractivity contribution < 1.29 is 9.26 Å². The summed E-state index contributed by atoms with van der Waals surface area (Å²) in [5.41, 5.74) is 1.18. The summed E-state index contributed by atoms with van der Waals surface area (Å²) < 4.78 is 10.4. The zero-order chi connectivity index (χ0) is 18.2. The van der Waals surface area contributed by atoms with Gasteiger partial charge in [-0.2, -0.15) is 4.98 Å². The Bertz CT molecular complexity index is 679. The van der Waals surface area contributed by atoms with Crippen LogP contribution in [-0.4, -0.2) is 48.8 Å². The minimum absolute atomic E-state index is 0.272. The smallest absolute Gasteiger partial charge is 0.228 e.